The number of amides is 1. The quantitative estimate of drug-likeness (QED) is 0.421. The standard InChI is InChI=1S/C22H35ClN6O/c1-3-24-22(29-16-14-27(15-17-29)19(2)30)25-8-5-9-26-10-12-28(13-11-26)21-7-4-6-20(23)18-21/h4,6-7,18H,3,5,8-17H2,1-2H3,(H,24,25). The van der Waals surface area contributed by atoms with Crippen molar-refractivity contribution < 1.29 is 4.79 Å². The number of rotatable bonds is 6. The summed E-state index contributed by atoms with van der Waals surface area (Å²) in [4.78, 5) is 25.5. The molecule has 0 aliphatic carbocycles. The van der Waals surface area contributed by atoms with Gasteiger partial charge in [0.05, 0.1) is 0 Å². The predicted octanol–water partition coefficient (Wildman–Crippen LogP) is 1.98. The number of halogens is 1. The number of nitrogens with zero attached hydrogens (tertiary/aromatic N) is 5. The van der Waals surface area contributed by atoms with E-state index >= 15 is 0 Å². The van der Waals surface area contributed by atoms with E-state index in [1.54, 1.807) is 6.92 Å². The average molecular weight is 435 g/mol. The summed E-state index contributed by atoms with van der Waals surface area (Å²) in [6.45, 7) is 13.9. The molecule has 0 atom stereocenters. The van der Waals surface area contributed by atoms with Gasteiger partial charge in [0.15, 0.2) is 5.96 Å². The van der Waals surface area contributed by atoms with Gasteiger partial charge in [0.1, 0.15) is 0 Å². The van der Waals surface area contributed by atoms with E-state index in [2.05, 4.69) is 33.0 Å². The van der Waals surface area contributed by atoms with E-state index in [1.807, 2.05) is 23.1 Å². The van der Waals surface area contributed by atoms with Crippen molar-refractivity contribution in [2.24, 2.45) is 4.99 Å². The van der Waals surface area contributed by atoms with Crippen molar-refractivity contribution in [2.75, 3.05) is 76.9 Å². The molecule has 1 aromatic rings. The molecule has 0 spiro atoms. The van der Waals surface area contributed by atoms with Gasteiger partial charge in [-0.1, -0.05) is 17.7 Å². The lowest BCUT2D eigenvalue weighted by atomic mass is 10.2. The van der Waals surface area contributed by atoms with E-state index in [4.69, 9.17) is 16.6 Å². The smallest absolute Gasteiger partial charge is 0.219 e. The molecule has 30 heavy (non-hydrogen) atoms. The van der Waals surface area contributed by atoms with Gasteiger partial charge in [-0.15, -0.1) is 0 Å². The topological polar surface area (TPSA) is 54.4 Å². The van der Waals surface area contributed by atoms with Crippen LogP contribution in [-0.4, -0.2) is 98.6 Å². The van der Waals surface area contributed by atoms with Crippen molar-refractivity contribution in [3.63, 3.8) is 0 Å². The average Bonchev–Trinajstić information content (AvgIpc) is 2.76. The van der Waals surface area contributed by atoms with Gasteiger partial charge >= 0.3 is 0 Å². The lowest BCUT2D eigenvalue weighted by Crippen LogP contribution is -2.53. The molecular formula is C22H35ClN6O. The summed E-state index contributed by atoms with van der Waals surface area (Å²) in [6, 6.07) is 8.12. The molecule has 1 N–H and O–H groups in total. The Bertz CT molecular complexity index is 711. The van der Waals surface area contributed by atoms with Gasteiger partial charge in [-0.3, -0.25) is 14.7 Å². The molecule has 7 nitrogen and oxygen atoms in total. The summed E-state index contributed by atoms with van der Waals surface area (Å²) >= 11 is 6.13. The highest BCUT2D eigenvalue weighted by molar-refractivity contribution is 6.30. The van der Waals surface area contributed by atoms with Crippen molar-refractivity contribution >= 4 is 29.2 Å². The second-order valence-electron chi connectivity index (χ2n) is 7.89. The zero-order valence-corrected chi connectivity index (χ0v) is 19.1. The molecule has 2 fully saturated rings. The monoisotopic (exact) mass is 434 g/mol. The largest absolute Gasteiger partial charge is 0.369 e. The Morgan fingerprint density at radius 1 is 1.07 bits per heavy atom. The number of guanidine groups is 1. The SMILES string of the molecule is CCNC(=NCCCN1CCN(c2cccc(Cl)c2)CC1)N1CCN(C(C)=O)CC1. The number of benzene rings is 1. The maximum Gasteiger partial charge on any atom is 0.219 e. The lowest BCUT2D eigenvalue weighted by Gasteiger charge is -2.36. The number of piperazine rings is 2. The number of carbonyl (C=O) groups is 1. The van der Waals surface area contributed by atoms with E-state index in [0.29, 0.717) is 0 Å². The molecule has 8 heteroatoms. The first-order valence-corrected chi connectivity index (χ1v) is 11.5. The first kappa shape index (κ1) is 22.7. The number of hydrogen-bond acceptors (Lipinski definition) is 4. The van der Waals surface area contributed by atoms with Crippen LogP contribution in [-0.2, 0) is 4.79 Å². The Kier molecular flexibility index (Phi) is 8.63. The van der Waals surface area contributed by atoms with Crippen LogP contribution in [0.25, 0.3) is 0 Å². The first-order chi connectivity index (χ1) is 14.6. The van der Waals surface area contributed by atoms with Crippen molar-refractivity contribution in [1.82, 2.24) is 20.0 Å². The summed E-state index contributed by atoms with van der Waals surface area (Å²) < 4.78 is 0. The van der Waals surface area contributed by atoms with Gasteiger partial charge in [0, 0.05) is 89.6 Å². The van der Waals surface area contributed by atoms with Crippen LogP contribution in [0.3, 0.4) is 0 Å². The second-order valence-corrected chi connectivity index (χ2v) is 8.33. The summed E-state index contributed by atoms with van der Waals surface area (Å²) in [5, 5.41) is 4.20. The van der Waals surface area contributed by atoms with Crippen LogP contribution in [0.2, 0.25) is 5.02 Å². The van der Waals surface area contributed by atoms with Gasteiger partial charge in [-0.05, 0) is 31.5 Å². The molecule has 1 amide bonds. The van der Waals surface area contributed by atoms with Crippen molar-refractivity contribution in [3.05, 3.63) is 29.3 Å². The number of nitrogens with one attached hydrogen (secondary N) is 1. The molecule has 0 radical (unpaired) electrons. The minimum absolute atomic E-state index is 0.159. The number of anilines is 1. The predicted molar refractivity (Wildman–Crippen MR) is 125 cm³/mol. The molecule has 3 rings (SSSR count). The van der Waals surface area contributed by atoms with Crippen LogP contribution < -0.4 is 10.2 Å². The fourth-order valence-corrected chi connectivity index (χ4v) is 4.23. The molecule has 1 aromatic carbocycles. The maximum absolute atomic E-state index is 11.5. The summed E-state index contributed by atoms with van der Waals surface area (Å²) in [6.07, 6.45) is 1.06. The van der Waals surface area contributed by atoms with E-state index in [-0.39, 0.29) is 5.91 Å². The minimum atomic E-state index is 0.159. The zero-order chi connectivity index (χ0) is 21.3. The molecule has 2 saturated heterocycles. The summed E-state index contributed by atoms with van der Waals surface area (Å²) in [7, 11) is 0. The molecule has 0 saturated carbocycles. The van der Waals surface area contributed by atoms with E-state index in [0.717, 1.165) is 89.4 Å². The molecular weight excluding hydrogens is 400 g/mol. The molecule has 2 aliphatic rings. The summed E-state index contributed by atoms with van der Waals surface area (Å²) in [5.41, 5.74) is 1.21. The van der Waals surface area contributed by atoms with Gasteiger partial charge in [0.25, 0.3) is 0 Å². The highest BCUT2D eigenvalue weighted by Gasteiger charge is 2.21. The van der Waals surface area contributed by atoms with Crippen LogP contribution in [0.5, 0.6) is 0 Å². The Labute approximate surface area is 185 Å². The van der Waals surface area contributed by atoms with Gasteiger partial charge in [-0.2, -0.15) is 0 Å². The van der Waals surface area contributed by atoms with Crippen LogP contribution >= 0.6 is 11.6 Å². The minimum Gasteiger partial charge on any atom is -0.369 e. The Balaban J connectivity index is 1.39. The fraction of sp³-hybridized carbons (Fsp3) is 0.636. The molecule has 0 aromatic heterocycles. The maximum atomic E-state index is 11.5. The van der Waals surface area contributed by atoms with Gasteiger partial charge in [0.2, 0.25) is 5.91 Å². The first-order valence-electron chi connectivity index (χ1n) is 11.1. The Hall–Kier alpha value is -1.99. The lowest BCUT2D eigenvalue weighted by molar-refractivity contribution is -0.130. The third-order valence-electron chi connectivity index (χ3n) is 5.80. The third kappa shape index (κ3) is 6.51. The van der Waals surface area contributed by atoms with E-state index in [1.165, 1.54) is 5.69 Å². The van der Waals surface area contributed by atoms with Gasteiger partial charge < -0.3 is 20.0 Å². The molecule has 2 aliphatic heterocycles. The van der Waals surface area contributed by atoms with Crippen molar-refractivity contribution in [2.45, 2.75) is 20.3 Å². The number of hydrogen-bond donors (Lipinski definition) is 1. The zero-order valence-electron chi connectivity index (χ0n) is 18.3. The fourth-order valence-electron chi connectivity index (χ4n) is 4.04. The van der Waals surface area contributed by atoms with Crippen LogP contribution in [0.15, 0.2) is 29.3 Å². The molecule has 2 heterocycles. The second kappa shape index (κ2) is 11.4. The molecule has 166 valence electrons. The Morgan fingerprint density at radius 2 is 1.77 bits per heavy atom. The number of carbonyl (C=O) groups excluding carboxylic acids is 1. The highest BCUT2D eigenvalue weighted by atomic mass is 35.5. The summed E-state index contributed by atoms with van der Waals surface area (Å²) in [5.74, 6) is 1.14. The third-order valence-corrected chi connectivity index (χ3v) is 6.03. The molecule has 0 unspecified atom stereocenters. The Morgan fingerprint density at radius 3 is 2.40 bits per heavy atom. The normalized spacial score (nSPS) is 18.6. The van der Waals surface area contributed by atoms with Crippen LogP contribution in [0, 0.1) is 0 Å². The van der Waals surface area contributed by atoms with Crippen LogP contribution in [0.1, 0.15) is 20.3 Å². The van der Waals surface area contributed by atoms with Crippen molar-refractivity contribution in [1.29, 1.82) is 0 Å². The van der Waals surface area contributed by atoms with E-state index in [9.17, 15) is 4.79 Å². The van der Waals surface area contributed by atoms with Gasteiger partial charge in [-0.25, -0.2) is 0 Å². The highest BCUT2D eigenvalue weighted by Crippen LogP contribution is 2.20. The van der Waals surface area contributed by atoms with E-state index < -0.39 is 0 Å². The number of aliphatic imine (C=N–C) groups is 1. The van der Waals surface area contributed by atoms with Crippen LogP contribution in [0.4, 0.5) is 5.69 Å². The van der Waals surface area contributed by atoms with Crippen molar-refractivity contribution in [3.8, 4) is 0 Å². The molecule has 0 bridgehead atoms.